The fourth-order valence-corrected chi connectivity index (χ4v) is 5.47. The SMILES string of the molecule is CCC/C=C\CCCCCCCC(=O)OCC(O)COP(=O)(O)OCC(NC(=O)CCCCCCC/C=C\C/C=C\CCCCC)C(=O)O. The molecule has 0 aliphatic carbocycles. The van der Waals surface area contributed by atoms with E-state index in [-0.39, 0.29) is 12.8 Å². The lowest BCUT2D eigenvalue weighted by atomic mass is 10.1. The van der Waals surface area contributed by atoms with Crippen LogP contribution >= 0.6 is 7.82 Å². The molecule has 1 amide bonds. The van der Waals surface area contributed by atoms with Gasteiger partial charge in [-0.05, 0) is 64.2 Å². The number of aliphatic hydroxyl groups excluding tert-OH is 1. The number of phosphoric acid groups is 1. The summed E-state index contributed by atoms with van der Waals surface area (Å²) in [5.74, 6) is -2.41. The summed E-state index contributed by atoms with van der Waals surface area (Å²) in [6, 6.07) is -1.55. The van der Waals surface area contributed by atoms with Gasteiger partial charge in [0.1, 0.15) is 12.7 Å². The van der Waals surface area contributed by atoms with Crippen LogP contribution in [0.4, 0.5) is 0 Å². The van der Waals surface area contributed by atoms with Crippen LogP contribution < -0.4 is 5.32 Å². The van der Waals surface area contributed by atoms with Gasteiger partial charge in [0, 0.05) is 12.8 Å². The van der Waals surface area contributed by atoms with Crippen molar-refractivity contribution >= 4 is 25.7 Å². The van der Waals surface area contributed by atoms with Crippen molar-refractivity contribution in [3.05, 3.63) is 36.5 Å². The fourth-order valence-electron chi connectivity index (χ4n) is 4.70. The molecule has 0 fully saturated rings. The van der Waals surface area contributed by atoms with Gasteiger partial charge < -0.3 is 25.2 Å². The molecular weight excluding hydrogens is 649 g/mol. The second kappa shape index (κ2) is 32.9. The molecule has 0 aromatic rings. The van der Waals surface area contributed by atoms with Crippen LogP contribution in [0.25, 0.3) is 0 Å². The minimum Gasteiger partial charge on any atom is -0.480 e. The smallest absolute Gasteiger partial charge is 0.472 e. The summed E-state index contributed by atoms with van der Waals surface area (Å²) in [6.45, 7) is 2.45. The molecule has 11 nitrogen and oxygen atoms in total. The van der Waals surface area contributed by atoms with E-state index in [2.05, 4.69) is 55.6 Å². The van der Waals surface area contributed by atoms with E-state index in [0.29, 0.717) is 12.8 Å². The van der Waals surface area contributed by atoms with Gasteiger partial charge in [-0.15, -0.1) is 0 Å². The third-order valence-electron chi connectivity index (χ3n) is 7.63. The molecule has 4 N–H and O–H groups in total. The molecule has 0 radical (unpaired) electrons. The minimum absolute atomic E-state index is 0.128. The third-order valence-corrected chi connectivity index (χ3v) is 8.58. The number of nitrogens with one attached hydrogen (secondary N) is 1. The molecular formula is C37H66NO10P. The average Bonchev–Trinajstić information content (AvgIpc) is 3.07. The Labute approximate surface area is 295 Å². The first-order chi connectivity index (χ1) is 23.6. The molecule has 284 valence electrons. The summed E-state index contributed by atoms with van der Waals surface area (Å²) >= 11 is 0. The lowest BCUT2D eigenvalue weighted by molar-refractivity contribution is -0.147. The van der Waals surface area contributed by atoms with Gasteiger partial charge in [0.2, 0.25) is 5.91 Å². The zero-order valence-corrected chi connectivity index (χ0v) is 31.1. The largest absolute Gasteiger partial charge is 0.480 e. The second-order valence-corrected chi connectivity index (χ2v) is 13.9. The summed E-state index contributed by atoms with van der Waals surface area (Å²) in [5.41, 5.74) is 0. The Morgan fingerprint density at radius 3 is 1.76 bits per heavy atom. The van der Waals surface area contributed by atoms with Crippen LogP contribution in [0.2, 0.25) is 0 Å². The van der Waals surface area contributed by atoms with Crippen LogP contribution in [0.3, 0.4) is 0 Å². The van der Waals surface area contributed by atoms with Gasteiger partial charge in [-0.1, -0.05) is 108 Å². The predicted molar refractivity (Wildman–Crippen MR) is 194 cm³/mol. The number of esters is 1. The number of rotatable bonds is 34. The molecule has 3 atom stereocenters. The number of phosphoric ester groups is 1. The molecule has 0 bridgehead atoms. The number of allylic oxidation sites excluding steroid dienone is 6. The number of ether oxygens (including phenoxy) is 1. The molecule has 12 heteroatoms. The van der Waals surface area contributed by atoms with Gasteiger partial charge >= 0.3 is 19.8 Å². The van der Waals surface area contributed by atoms with Crippen LogP contribution in [0, 0.1) is 0 Å². The number of carbonyl (C=O) groups is 3. The maximum absolute atomic E-state index is 12.2. The minimum atomic E-state index is -4.75. The number of hydrogen-bond acceptors (Lipinski definition) is 8. The Morgan fingerprint density at radius 1 is 0.653 bits per heavy atom. The summed E-state index contributed by atoms with van der Waals surface area (Å²) in [7, 11) is -4.75. The van der Waals surface area contributed by atoms with E-state index >= 15 is 0 Å². The van der Waals surface area contributed by atoms with E-state index in [4.69, 9.17) is 13.8 Å². The highest BCUT2D eigenvalue weighted by Gasteiger charge is 2.28. The molecule has 0 rings (SSSR count). The van der Waals surface area contributed by atoms with Gasteiger partial charge in [0.05, 0.1) is 13.2 Å². The Bertz CT molecular complexity index is 984. The highest BCUT2D eigenvalue weighted by Crippen LogP contribution is 2.43. The Balaban J connectivity index is 4.03. The van der Waals surface area contributed by atoms with Crippen molar-refractivity contribution in [2.75, 3.05) is 19.8 Å². The zero-order chi connectivity index (χ0) is 36.4. The van der Waals surface area contributed by atoms with Crippen molar-refractivity contribution in [2.45, 2.75) is 161 Å². The normalized spacial score (nSPS) is 14.4. The Morgan fingerprint density at radius 2 is 1.16 bits per heavy atom. The van der Waals surface area contributed by atoms with Gasteiger partial charge in [-0.2, -0.15) is 0 Å². The van der Waals surface area contributed by atoms with E-state index in [1.807, 2.05) is 0 Å². The predicted octanol–water partition coefficient (Wildman–Crippen LogP) is 8.49. The quantitative estimate of drug-likeness (QED) is 0.0219. The average molecular weight is 716 g/mol. The number of unbranched alkanes of at least 4 members (excludes halogenated alkanes) is 14. The summed E-state index contributed by atoms with van der Waals surface area (Å²) in [5, 5.41) is 21.7. The number of amides is 1. The van der Waals surface area contributed by atoms with Gasteiger partial charge in [0.25, 0.3) is 0 Å². The lowest BCUT2D eigenvalue weighted by Crippen LogP contribution is -2.43. The standard InChI is InChI=1S/C37H66NO10P/c1-3-5-7-9-11-13-15-16-17-18-19-20-22-24-26-28-35(40)38-34(37(42)43)32-48-49(44,45)47-31-33(39)30-46-36(41)29-27-25-23-21-14-12-10-8-6-4-2/h8,10-11,13,16-17,33-34,39H,3-7,9,12,14-15,18-32H2,1-2H3,(H,38,40)(H,42,43)(H,44,45)/b10-8-,13-11-,17-16-. The van der Waals surface area contributed by atoms with E-state index in [0.717, 1.165) is 89.9 Å². The number of carboxylic acids is 1. The summed E-state index contributed by atoms with van der Waals surface area (Å²) in [6.07, 6.45) is 31.8. The molecule has 0 aromatic heterocycles. The van der Waals surface area contributed by atoms with Crippen molar-refractivity contribution in [3.8, 4) is 0 Å². The van der Waals surface area contributed by atoms with Crippen LogP contribution in [-0.4, -0.2) is 64.9 Å². The number of hydrogen-bond donors (Lipinski definition) is 4. The van der Waals surface area contributed by atoms with E-state index < -0.39 is 57.6 Å². The molecule has 3 unspecified atom stereocenters. The van der Waals surface area contributed by atoms with Gasteiger partial charge in [-0.3, -0.25) is 18.6 Å². The van der Waals surface area contributed by atoms with Crippen molar-refractivity contribution in [3.63, 3.8) is 0 Å². The van der Waals surface area contributed by atoms with Gasteiger partial charge in [-0.25, -0.2) is 9.36 Å². The number of carboxylic acid groups (broad SMARTS) is 1. The Kier molecular flexibility index (Phi) is 31.3. The van der Waals surface area contributed by atoms with Crippen molar-refractivity contribution in [2.24, 2.45) is 0 Å². The van der Waals surface area contributed by atoms with Crippen LogP contribution in [0.5, 0.6) is 0 Å². The van der Waals surface area contributed by atoms with E-state index in [1.165, 1.54) is 19.3 Å². The van der Waals surface area contributed by atoms with E-state index in [1.54, 1.807) is 0 Å². The first-order valence-electron chi connectivity index (χ1n) is 18.5. The van der Waals surface area contributed by atoms with Crippen LogP contribution in [-0.2, 0) is 32.7 Å². The summed E-state index contributed by atoms with van der Waals surface area (Å²) in [4.78, 5) is 45.6. The second-order valence-electron chi connectivity index (χ2n) is 12.4. The molecule has 0 aliphatic rings. The molecule has 49 heavy (non-hydrogen) atoms. The first kappa shape index (κ1) is 46.7. The van der Waals surface area contributed by atoms with E-state index in [9.17, 15) is 34.1 Å². The number of aliphatic hydroxyl groups is 1. The highest BCUT2D eigenvalue weighted by molar-refractivity contribution is 7.47. The maximum atomic E-state index is 12.2. The van der Waals surface area contributed by atoms with Crippen molar-refractivity contribution in [1.82, 2.24) is 5.32 Å². The molecule has 0 aliphatic heterocycles. The number of carbonyl (C=O) groups excluding carboxylic acids is 2. The maximum Gasteiger partial charge on any atom is 0.472 e. The van der Waals surface area contributed by atoms with Crippen LogP contribution in [0.15, 0.2) is 36.5 Å². The number of aliphatic carboxylic acids is 1. The van der Waals surface area contributed by atoms with Crippen molar-refractivity contribution in [1.29, 1.82) is 0 Å². The molecule has 0 saturated heterocycles. The van der Waals surface area contributed by atoms with Crippen molar-refractivity contribution < 1.29 is 47.8 Å². The summed E-state index contributed by atoms with van der Waals surface area (Å²) < 4.78 is 26.6. The highest BCUT2D eigenvalue weighted by atomic mass is 31.2. The van der Waals surface area contributed by atoms with Crippen LogP contribution in [0.1, 0.15) is 149 Å². The first-order valence-corrected chi connectivity index (χ1v) is 20.0. The zero-order valence-electron chi connectivity index (χ0n) is 30.2. The molecule has 0 saturated carbocycles. The molecule has 0 aromatic carbocycles. The lowest BCUT2D eigenvalue weighted by Gasteiger charge is -2.18. The Hall–Kier alpha value is -2.30. The molecule has 0 heterocycles. The monoisotopic (exact) mass is 715 g/mol. The van der Waals surface area contributed by atoms with Gasteiger partial charge in [0.15, 0.2) is 6.04 Å². The topological polar surface area (TPSA) is 169 Å². The molecule has 0 spiro atoms. The fraction of sp³-hybridized carbons (Fsp3) is 0.757. The third kappa shape index (κ3) is 32.7.